The number of hydrogen-bond acceptors (Lipinski definition) is 3. The molecular formula is C19H11FO2S. The number of halogens is 1. The lowest BCUT2D eigenvalue weighted by Gasteiger charge is -2.19. The van der Waals surface area contributed by atoms with Gasteiger partial charge in [0.15, 0.2) is 11.6 Å². The van der Waals surface area contributed by atoms with Crippen LogP contribution >= 0.6 is 11.8 Å². The molecular weight excluding hydrogens is 311 g/mol. The van der Waals surface area contributed by atoms with Gasteiger partial charge in [-0.15, -0.1) is 11.8 Å². The van der Waals surface area contributed by atoms with Crippen molar-refractivity contribution in [2.45, 2.75) is 4.90 Å². The van der Waals surface area contributed by atoms with E-state index >= 15 is 0 Å². The van der Waals surface area contributed by atoms with Crippen molar-refractivity contribution in [2.75, 3.05) is 6.26 Å². The molecule has 0 radical (unpaired) electrons. The summed E-state index contributed by atoms with van der Waals surface area (Å²) < 4.78 is 14.0. The third-order valence-corrected chi connectivity index (χ3v) is 4.91. The highest BCUT2D eigenvalue weighted by Gasteiger charge is 2.31. The van der Waals surface area contributed by atoms with Crippen LogP contribution in [-0.2, 0) is 0 Å². The maximum Gasteiger partial charge on any atom is 0.194 e. The van der Waals surface area contributed by atoms with E-state index < -0.39 is 5.82 Å². The van der Waals surface area contributed by atoms with Gasteiger partial charge in [-0.1, -0.05) is 24.3 Å². The first-order valence-corrected chi connectivity index (χ1v) is 8.32. The van der Waals surface area contributed by atoms with Crippen LogP contribution in [0.1, 0.15) is 31.8 Å². The summed E-state index contributed by atoms with van der Waals surface area (Å²) in [4.78, 5) is 25.9. The summed E-state index contributed by atoms with van der Waals surface area (Å²) in [6.07, 6.45) is 1.74. The molecule has 0 N–H and O–H groups in total. The fraction of sp³-hybridized carbons (Fsp3) is 0.0526. The van der Waals surface area contributed by atoms with E-state index in [1.54, 1.807) is 18.4 Å². The zero-order chi connectivity index (χ0) is 16.1. The molecule has 2 nitrogen and oxygen atoms in total. The zero-order valence-electron chi connectivity index (χ0n) is 12.2. The van der Waals surface area contributed by atoms with Gasteiger partial charge in [0.25, 0.3) is 0 Å². The molecule has 0 aromatic heterocycles. The summed E-state index contributed by atoms with van der Waals surface area (Å²) in [6.45, 7) is 0. The molecule has 0 atom stereocenters. The fourth-order valence-electron chi connectivity index (χ4n) is 2.99. The van der Waals surface area contributed by atoms with Gasteiger partial charge in [-0.3, -0.25) is 9.59 Å². The highest BCUT2D eigenvalue weighted by atomic mass is 32.2. The molecule has 0 aliphatic heterocycles. The number of carbonyl (C=O) groups excluding carboxylic acids is 2. The van der Waals surface area contributed by atoms with Crippen molar-refractivity contribution in [3.05, 3.63) is 76.6 Å². The van der Waals surface area contributed by atoms with Gasteiger partial charge in [0.1, 0.15) is 5.82 Å². The molecule has 4 heteroatoms. The van der Waals surface area contributed by atoms with Crippen LogP contribution in [0.4, 0.5) is 4.39 Å². The Hall–Kier alpha value is -2.46. The topological polar surface area (TPSA) is 34.1 Å². The van der Waals surface area contributed by atoms with E-state index in [4.69, 9.17) is 0 Å². The summed E-state index contributed by atoms with van der Waals surface area (Å²) in [7, 11) is 0. The first-order chi connectivity index (χ1) is 11.1. The largest absolute Gasteiger partial charge is 0.289 e. The number of ketones is 2. The Morgan fingerprint density at radius 2 is 1.26 bits per heavy atom. The van der Waals surface area contributed by atoms with Gasteiger partial charge in [-0.2, -0.15) is 0 Å². The first kappa shape index (κ1) is 14.2. The van der Waals surface area contributed by atoms with Crippen LogP contribution in [0.15, 0.2) is 53.4 Å². The molecule has 0 spiro atoms. The van der Waals surface area contributed by atoms with Crippen LogP contribution in [0.3, 0.4) is 0 Å². The average Bonchev–Trinajstić information content (AvgIpc) is 2.58. The number of benzene rings is 3. The lowest BCUT2D eigenvalue weighted by Crippen LogP contribution is -2.21. The highest BCUT2D eigenvalue weighted by Crippen LogP contribution is 2.33. The number of hydrogen-bond donors (Lipinski definition) is 0. The van der Waals surface area contributed by atoms with Crippen molar-refractivity contribution in [1.29, 1.82) is 0 Å². The minimum atomic E-state index is -0.471. The van der Waals surface area contributed by atoms with Crippen LogP contribution < -0.4 is 0 Å². The molecule has 1 aliphatic carbocycles. The summed E-state index contributed by atoms with van der Waals surface area (Å²) in [5.41, 5.74) is 1.16. The maximum atomic E-state index is 14.0. The number of carbonyl (C=O) groups is 2. The van der Waals surface area contributed by atoms with E-state index in [-0.39, 0.29) is 22.7 Å². The quantitative estimate of drug-likeness (QED) is 0.485. The van der Waals surface area contributed by atoms with Crippen LogP contribution in [-0.4, -0.2) is 17.8 Å². The van der Waals surface area contributed by atoms with Gasteiger partial charge >= 0.3 is 0 Å². The van der Waals surface area contributed by atoms with Crippen LogP contribution in [0, 0.1) is 5.82 Å². The molecule has 1 aliphatic rings. The van der Waals surface area contributed by atoms with Gasteiger partial charge in [-0.25, -0.2) is 4.39 Å². The standard InChI is InChI=1S/C19H11FO2S/c1-23-17-9-15-14(8-16(17)20)18(21)12-6-10-4-2-3-5-11(10)7-13(12)19(15)22/h2-9H,1H3. The summed E-state index contributed by atoms with van der Waals surface area (Å²) in [5, 5.41) is 1.79. The molecule has 0 amide bonds. The van der Waals surface area contributed by atoms with Crippen molar-refractivity contribution in [3.8, 4) is 0 Å². The van der Waals surface area contributed by atoms with Gasteiger partial charge in [0.05, 0.1) is 0 Å². The van der Waals surface area contributed by atoms with Crippen molar-refractivity contribution >= 4 is 34.1 Å². The van der Waals surface area contributed by atoms with Gasteiger partial charge in [0.2, 0.25) is 0 Å². The summed E-state index contributed by atoms with van der Waals surface area (Å²) in [6, 6.07) is 13.7. The molecule has 0 fully saturated rings. The van der Waals surface area contributed by atoms with E-state index in [0.29, 0.717) is 16.0 Å². The van der Waals surface area contributed by atoms with Crippen molar-refractivity contribution in [3.63, 3.8) is 0 Å². The molecule has 0 bridgehead atoms. The molecule has 0 saturated heterocycles. The second-order valence-electron chi connectivity index (χ2n) is 5.44. The molecule has 3 aromatic rings. The van der Waals surface area contributed by atoms with E-state index in [0.717, 1.165) is 10.8 Å². The molecule has 23 heavy (non-hydrogen) atoms. The van der Waals surface area contributed by atoms with Crippen LogP contribution in [0.2, 0.25) is 0 Å². The van der Waals surface area contributed by atoms with Gasteiger partial charge in [-0.05, 0) is 41.3 Å². The predicted molar refractivity (Wildman–Crippen MR) is 89.0 cm³/mol. The zero-order valence-corrected chi connectivity index (χ0v) is 13.0. The Morgan fingerprint density at radius 1 is 0.783 bits per heavy atom. The monoisotopic (exact) mass is 322 g/mol. The Morgan fingerprint density at radius 3 is 1.78 bits per heavy atom. The lowest BCUT2D eigenvalue weighted by atomic mass is 9.83. The molecule has 4 rings (SSSR count). The normalized spacial score (nSPS) is 13.1. The molecule has 0 saturated carbocycles. The summed E-state index contributed by atoms with van der Waals surface area (Å²) in [5.74, 6) is -0.996. The van der Waals surface area contributed by atoms with Crippen molar-refractivity contribution < 1.29 is 14.0 Å². The Balaban J connectivity index is 2.02. The van der Waals surface area contributed by atoms with Crippen molar-refractivity contribution in [2.24, 2.45) is 0 Å². The lowest BCUT2D eigenvalue weighted by molar-refractivity contribution is 0.0978. The Kier molecular flexibility index (Phi) is 3.10. The third kappa shape index (κ3) is 2.02. The second kappa shape index (κ2) is 5.03. The maximum absolute atomic E-state index is 14.0. The van der Waals surface area contributed by atoms with Crippen molar-refractivity contribution in [1.82, 2.24) is 0 Å². The summed E-state index contributed by atoms with van der Waals surface area (Å²) >= 11 is 1.22. The number of thioether (sulfide) groups is 1. The SMILES string of the molecule is CSc1cc2c(cc1F)C(=O)c1cc3ccccc3cc1C2=O. The second-order valence-corrected chi connectivity index (χ2v) is 6.28. The van der Waals surface area contributed by atoms with Crippen LogP contribution in [0.25, 0.3) is 10.8 Å². The predicted octanol–water partition coefficient (Wildman–Crippen LogP) is 4.48. The fourth-order valence-corrected chi connectivity index (χ4v) is 3.48. The molecule has 0 unspecified atom stereocenters. The molecule has 0 heterocycles. The first-order valence-electron chi connectivity index (χ1n) is 7.10. The van der Waals surface area contributed by atoms with E-state index in [1.165, 1.54) is 23.9 Å². The molecule has 3 aromatic carbocycles. The minimum Gasteiger partial charge on any atom is -0.289 e. The van der Waals surface area contributed by atoms with Gasteiger partial charge in [0, 0.05) is 27.1 Å². The van der Waals surface area contributed by atoms with E-state index in [1.807, 2.05) is 24.3 Å². The number of rotatable bonds is 1. The highest BCUT2D eigenvalue weighted by molar-refractivity contribution is 7.98. The minimum absolute atomic E-state index is 0.146. The molecule has 112 valence electrons. The van der Waals surface area contributed by atoms with E-state index in [2.05, 4.69) is 0 Å². The Labute approximate surface area is 136 Å². The average molecular weight is 322 g/mol. The van der Waals surface area contributed by atoms with Gasteiger partial charge < -0.3 is 0 Å². The number of fused-ring (bicyclic) bond motifs is 3. The van der Waals surface area contributed by atoms with Crippen LogP contribution in [0.5, 0.6) is 0 Å². The smallest absolute Gasteiger partial charge is 0.194 e. The third-order valence-electron chi connectivity index (χ3n) is 4.16. The van der Waals surface area contributed by atoms with E-state index in [9.17, 15) is 14.0 Å². The Bertz CT molecular complexity index is 1010.